The maximum atomic E-state index is 5.94. The number of halogens is 1. The van der Waals surface area contributed by atoms with Crippen LogP contribution in [0.25, 0.3) is 0 Å². The molecular weight excluding hydrogens is 449 g/mol. The summed E-state index contributed by atoms with van der Waals surface area (Å²) in [6, 6.07) is 11.1. The van der Waals surface area contributed by atoms with Gasteiger partial charge in [0, 0.05) is 5.69 Å². The first kappa shape index (κ1) is 21.7. The summed E-state index contributed by atoms with van der Waals surface area (Å²) >= 11 is 0. The van der Waals surface area contributed by atoms with Crippen LogP contribution in [-0.2, 0) is 6.54 Å². The van der Waals surface area contributed by atoms with E-state index in [-0.39, 0.29) is 24.0 Å². The number of aliphatic imine (C=N–C) groups is 1. The summed E-state index contributed by atoms with van der Waals surface area (Å²) in [6.45, 7) is 0.367. The Kier molecular flexibility index (Phi) is 8.83. The van der Waals surface area contributed by atoms with Crippen LogP contribution >= 0.6 is 24.0 Å². The summed E-state index contributed by atoms with van der Waals surface area (Å²) in [6.07, 6.45) is 0. The summed E-state index contributed by atoms with van der Waals surface area (Å²) < 4.78 is 21.1. The van der Waals surface area contributed by atoms with Gasteiger partial charge in [-0.05, 0) is 42.0 Å². The van der Waals surface area contributed by atoms with Gasteiger partial charge in [-0.2, -0.15) is 0 Å². The predicted molar refractivity (Wildman–Crippen MR) is 113 cm³/mol. The van der Waals surface area contributed by atoms with Crippen molar-refractivity contribution in [3.8, 4) is 23.0 Å². The van der Waals surface area contributed by atoms with Crippen LogP contribution in [0.1, 0.15) is 5.56 Å². The van der Waals surface area contributed by atoms with E-state index in [0.717, 1.165) is 17.0 Å². The van der Waals surface area contributed by atoms with Gasteiger partial charge in [-0.15, -0.1) is 24.0 Å². The van der Waals surface area contributed by atoms with Crippen molar-refractivity contribution in [2.45, 2.75) is 6.54 Å². The molecule has 2 aromatic rings. The average Bonchev–Trinajstić information content (AvgIpc) is 2.65. The van der Waals surface area contributed by atoms with Crippen molar-refractivity contribution in [1.82, 2.24) is 0 Å². The van der Waals surface area contributed by atoms with Crippen LogP contribution in [0.5, 0.6) is 23.0 Å². The van der Waals surface area contributed by atoms with Crippen LogP contribution in [0.3, 0.4) is 0 Å². The molecule has 0 saturated heterocycles. The van der Waals surface area contributed by atoms with Gasteiger partial charge in [0.15, 0.2) is 17.5 Å². The van der Waals surface area contributed by atoms with Gasteiger partial charge in [0.2, 0.25) is 5.75 Å². The lowest BCUT2D eigenvalue weighted by Gasteiger charge is -2.13. The number of hydrogen-bond acceptors (Lipinski definition) is 5. The van der Waals surface area contributed by atoms with Crippen LogP contribution in [-0.4, -0.2) is 34.4 Å². The highest BCUT2D eigenvalue weighted by atomic mass is 127. The first-order chi connectivity index (χ1) is 12.1. The lowest BCUT2D eigenvalue weighted by Crippen LogP contribution is -2.22. The largest absolute Gasteiger partial charge is 0.497 e. The zero-order chi connectivity index (χ0) is 18.2. The van der Waals surface area contributed by atoms with Crippen LogP contribution < -0.4 is 30.0 Å². The van der Waals surface area contributed by atoms with E-state index in [9.17, 15) is 0 Å². The standard InChI is InChI=1S/C18H23N3O4.HI/c1-22-14-7-5-13(6-8-14)21-18(19)20-11-12-9-15(23-2)17(25-4)16(10-12)24-3;/h5-10H,11H2,1-4H3,(H3,19,20,21);1H. The maximum absolute atomic E-state index is 5.94. The van der Waals surface area contributed by atoms with E-state index in [1.54, 1.807) is 28.4 Å². The average molecular weight is 473 g/mol. The topological polar surface area (TPSA) is 87.3 Å². The van der Waals surface area contributed by atoms with Crippen molar-refractivity contribution in [3.63, 3.8) is 0 Å². The van der Waals surface area contributed by atoms with E-state index >= 15 is 0 Å². The van der Waals surface area contributed by atoms with Crippen molar-refractivity contribution >= 4 is 35.6 Å². The molecule has 0 saturated carbocycles. The molecule has 26 heavy (non-hydrogen) atoms. The van der Waals surface area contributed by atoms with E-state index < -0.39 is 0 Å². The van der Waals surface area contributed by atoms with Crippen molar-refractivity contribution < 1.29 is 18.9 Å². The van der Waals surface area contributed by atoms with Gasteiger partial charge in [0.25, 0.3) is 0 Å². The van der Waals surface area contributed by atoms with Gasteiger partial charge in [-0.1, -0.05) is 0 Å². The first-order valence-electron chi connectivity index (χ1n) is 7.61. The fourth-order valence-electron chi connectivity index (χ4n) is 2.26. The SMILES string of the molecule is COc1ccc(NC(N)=NCc2cc(OC)c(OC)c(OC)c2)cc1.I. The number of nitrogens with one attached hydrogen (secondary N) is 1. The van der Waals surface area contributed by atoms with E-state index in [1.165, 1.54) is 0 Å². The number of hydrogen-bond donors (Lipinski definition) is 2. The molecule has 0 heterocycles. The van der Waals surface area contributed by atoms with Crippen molar-refractivity contribution in [2.75, 3.05) is 33.8 Å². The summed E-state index contributed by atoms with van der Waals surface area (Å²) in [5, 5.41) is 3.03. The molecule has 142 valence electrons. The number of rotatable bonds is 7. The fourth-order valence-corrected chi connectivity index (χ4v) is 2.26. The second kappa shape index (κ2) is 10.6. The van der Waals surface area contributed by atoms with Gasteiger partial charge in [0.05, 0.1) is 35.0 Å². The quantitative estimate of drug-likeness (QED) is 0.365. The van der Waals surface area contributed by atoms with Crippen molar-refractivity contribution in [1.29, 1.82) is 0 Å². The number of nitrogens with two attached hydrogens (primary N) is 1. The molecule has 0 amide bonds. The summed E-state index contributed by atoms with van der Waals surface area (Å²) in [4.78, 5) is 4.34. The first-order valence-corrected chi connectivity index (χ1v) is 7.61. The third-order valence-corrected chi connectivity index (χ3v) is 3.52. The second-order valence-corrected chi connectivity index (χ2v) is 5.09. The highest BCUT2D eigenvalue weighted by Gasteiger charge is 2.12. The van der Waals surface area contributed by atoms with Gasteiger partial charge >= 0.3 is 0 Å². The van der Waals surface area contributed by atoms with Gasteiger partial charge in [-0.25, -0.2) is 4.99 Å². The Morgan fingerprint density at radius 2 is 1.50 bits per heavy atom. The number of ether oxygens (including phenoxy) is 4. The molecule has 0 aliphatic rings. The maximum Gasteiger partial charge on any atom is 0.203 e. The molecule has 3 N–H and O–H groups in total. The Bertz CT molecular complexity index is 711. The predicted octanol–water partition coefficient (Wildman–Crippen LogP) is 3.27. The normalized spacial score (nSPS) is 10.5. The monoisotopic (exact) mass is 473 g/mol. The number of anilines is 1. The van der Waals surface area contributed by atoms with Crippen molar-refractivity contribution in [2.24, 2.45) is 10.7 Å². The van der Waals surface area contributed by atoms with Gasteiger partial charge in [0.1, 0.15) is 5.75 Å². The smallest absolute Gasteiger partial charge is 0.203 e. The molecule has 0 atom stereocenters. The molecule has 7 nitrogen and oxygen atoms in total. The van der Waals surface area contributed by atoms with Crippen molar-refractivity contribution in [3.05, 3.63) is 42.0 Å². The minimum absolute atomic E-state index is 0. The Balaban J connectivity index is 0.00000338. The molecule has 0 aromatic heterocycles. The Morgan fingerprint density at radius 3 is 1.96 bits per heavy atom. The summed E-state index contributed by atoms with van der Waals surface area (Å²) in [7, 11) is 6.33. The van der Waals surface area contributed by atoms with Crippen LogP contribution in [0.2, 0.25) is 0 Å². The minimum atomic E-state index is 0. The highest BCUT2D eigenvalue weighted by Crippen LogP contribution is 2.38. The van der Waals surface area contributed by atoms with E-state index in [0.29, 0.717) is 29.8 Å². The molecule has 0 fully saturated rings. The number of methoxy groups -OCH3 is 4. The third kappa shape index (κ3) is 5.58. The number of guanidine groups is 1. The second-order valence-electron chi connectivity index (χ2n) is 5.09. The summed E-state index contributed by atoms with van der Waals surface area (Å²) in [5.74, 6) is 2.78. The lowest BCUT2D eigenvalue weighted by molar-refractivity contribution is 0.324. The fraction of sp³-hybridized carbons (Fsp3) is 0.278. The Labute approximate surface area is 170 Å². The molecule has 0 aliphatic carbocycles. The Morgan fingerprint density at radius 1 is 0.923 bits per heavy atom. The highest BCUT2D eigenvalue weighted by molar-refractivity contribution is 14.0. The lowest BCUT2D eigenvalue weighted by atomic mass is 10.2. The molecule has 0 spiro atoms. The zero-order valence-corrected chi connectivity index (χ0v) is 17.6. The molecule has 0 radical (unpaired) electrons. The van der Waals surface area contributed by atoms with Gasteiger partial charge < -0.3 is 30.0 Å². The van der Waals surface area contributed by atoms with E-state index in [2.05, 4.69) is 10.3 Å². The van der Waals surface area contributed by atoms with Crippen LogP contribution in [0.15, 0.2) is 41.4 Å². The van der Waals surface area contributed by atoms with E-state index in [4.69, 9.17) is 24.7 Å². The molecule has 2 aromatic carbocycles. The summed E-state index contributed by atoms with van der Waals surface area (Å²) in [5.41, 5.74) is 7.65. The zero-order valence-electron chi connectivity index (χ0n) is 15.2. The number of benzene rings is 2. The molecular formula is C18H24IN3O4. The van der Waals surface area contributed by atoms with Crippen LogP contribution in [0.4, 0.5) is 5.69 Å². The van der Waals surface area contributed by atoms with E-state index in [1.807, 2.05) is 36.4 Å². The molecule has 0 aliphatic heterocycles. The molecule has 0 bridgehead atoms. The number of nitrogens with zero attached hydrogens (tertiary/aromatic N) is 1. The third-order valence-electron chi connectivity index (χ3n) is 3.52. The molecule has 2 rings (SSSR count). The van der Waals surface area contributed by atoms with Crippen LogP contribution in [0, 0.1) is 0 Å². The molecule has 0 unspecified atom stereocenters. The van der Waals surface area contributed by atoms with Gasteiger partial charge in [-0.3, -0.25) is 0 Å². The minimum Gasteiger partial charge on any atom is -0.497 e. The Hall–Kier alpha value is -2.36. The molecule has 8 heteroatoms.